The average Bonchev–Trinajstić information content (AvgIpc) is 2.23. The Morgan fingerprint density at radius 3 is 1.80 bits per heavy atom. The monoisotopic (exact) mass is 298 g/mol. The first-order valence-corrected chi connectivity index (χ1v) is 5.99. The number of hydrogen-bond donors (Lipinski definition) is 2. The van der Waals surface area contributed by atoms with Gasteiger partial charge in [0.2, 0.25) is 5.54 Å². The number of alkyl halides is 3. The van der Waals surface area contributed by atoms with Crippen molar-refractivity contribution in [3.8, 4) is 0 Å². The Bertz CT molecular complexity index is 390. The molecule has 2 amide bonds. The van der Waals surface area contributed by atoms with Gasteiger partial charge in [-0.1, -0.05) is 20.8 Å². The fourth-order valence-corrected chi connectivity index (χ4v) is 1.30. The van der Waals surface area contributed by atoms with Gasteiger partial charge in [-0.3, -0.25) is 0 Å². The number of carboxylic acids is 1. The molecule has 2 atom stereocenters. The molecule has 0 radical (unpaired) electrons. The predicted octanol–water partition coefficient (Wildman–Crippen LogP) is 2.47. The second-order valence-electron chi connectivity index (χ2n) is 6.01. The number of carbonyl (C=O) groups is 2. The van der Waals surface area contributed by atoms with Crippen molar-refractivity contribution in [2.75, 3.05) is 7.05 Å². The van der Waals surface area contributed by atoms with Gasteiger partial charge in [-0.2, -0.15) is 13.2 Å². The Labute approximate surface area is 116 Å². The molecule has 0 aliphatic heterocycles. The number of amides is 2. The molecule has 8 heteroatoms. The topological polar surface area (TPSA) is 69.6 Å². The second-order valence-corrected chi connectivity index (χ2v) is 6.01. The highest BCUT2D eigenvalue weighted by Crippen LogP contribution is 2.31. The van der Waals surface area contributed by atoms with Gasteiger partial charge in [-0.15, -0.1) is 0 Å². The summed E-state index contributed by atoms with van der Waals surface area (Å²) in [6.45, 7) is 7.55. The summed E-state index contributed by atoms with van der Waals surface area (Å²) in [7, 11) is 1.32. The molecule has 0 aromatic heterocycles. The lowest BCUT2D eigenvalue weighted by atomic mass is 9.87. The third-order valence-corrected chi connectivity index (χ3v) is 3.51. The molecule has 0 rings (SSSR count). The number of hydrogen-bond acceptors (Lipinski definition) is 2. The number of aliphatic carboxylic acids is 1. The van der Waals surface area contributed by atoms with Gasteiger partial charge in [-0.25, -0.2) is 9.59 Å². The number of nitrogens with one attached hydrogen (secondary N) is 1. The van der Waals surface area contributed by atoms with E-state index in [1.807, 2.05) is 20.8 Å². The molecule has 0 heterocycles. The zero-order valence-corrected chi connectivity index (χ0v) is 12.4. The lowest BCUT2D eigenvalue weighted by Crippen LogP contribution is -2.64. The molecule has 0 aliphatic carbocycles. The second kappa shape index (κ2) is 5.49. The van der Waals surface area contributed by atoms with Crippen LogP contribution in [-0.4, -0.2) is 46.8 Å². The van der Waals surface area contributed by atoms with Crippen LogP contribution in [0.15, 0.2) is 0 Å². The molecule has 0 aromatic rings. The van der Waals surface area contributed by atoms with E-state index in [2.05, 4.69) is 0 Å². The Hall–Kier alpha value is -1.47. The highest BCUT2D eigenvalue weighted by Gasteiger charge is 2.59. The molecule has 0 saturated heterocycles. The number of carboxylic acid groups (broad SMARTS) is 1. The van der Waals surface area contributed by atoms with Crippen LogP contribution in [0, 0.1) is 5.41 Å². The molecular weight excluding hydrogens is 277 g/mol. The molecule has 2 N–H and O–H groups in total. The first-order valence-electron chi connectivity index (χ1n) is 5.99. The van der Waals surface area contributed by atoms with E-state index < -0.39 is 23.7 Å². The Morgan fingerprint density at radius 1 is 1.15 bits per heavy atom. The summed E-state index contributed by atoms with van der Waals surface area (Å²) in [5.41, 5.74) is -3.68. The molecule has 0 spiro atoms. The summed E-state index contributed by atoms with van der Waals surface area (Å²) in [5, 5.41) is 10.3. The van der Waals surface area contributed by atoms with Crippen LogP contribution in [0.25, 0.3) is 0 Å². The van der Waals surface area contributed by atoms with E-state index in [0.29, 0.717) is 6.92 Å². The zero-order chi connectivity index (χ0) is 16.5. The van der Waals surface area contributed by atoms with E-state index in [-0.39, 0.29) is 11.5 Å². The lowest BCUT2D eigenvalue weighted by Gasteiger charge is -2.37. The van der Waals surface area contributed by atoms with Crippen molar-refractivity contribution in [2.24, 2.45) is 5.41 Å². The van der Waals surface area contributed by atoms with Crippen LogP contribution in [0.3, 0.4) is 0 Å². The van der Waals surface area contributed by atoms with Crippen LogP contribution < -0.4 is 5.32 Å². The summed E-state index contributed by atoms with van der Waals surface area (Å²) < 4.78 is 38.4. The number of halogens is 3. The van der Waals surface area contributed by atoms with E-state index in [9.17, 15) is 22.8 Å². The van der Waals surface area contributed by atoms with Crippen molar-refractivity contribution in [3.63, 3.8) is 0 Å². The summed E-state index contributed by atoms with van der Waals surface area (Å²) in [6, 6.07) is -1.47. The maximum atomic E-state index is 12.8. The van der Waals surface area contributed by atoms with Crippen LogP contribution >= 0.6 is 0 Å². The number of nitrogens with zero attached hydrogens (tertiary/aromatic N) is 1. The Kier molecular flexibility index (Phi) is 5.09. The molecule has 118 valence electrons. The summed E-state index contributed by atoms with van der Waals surface area (Å²) in [5.74, 6) is -2.16. The summed E-state index contributed by atoms with van der Waals surface area (Å²) >= 11 is 0. The average molecular weight is 298 g/mol. The van der Waals surface area contributed by atoms with Gasteiger partial charge >= 0.3 is 18.2 Å². The van der Waals surface area contributed by atoms with E-state index in [0.717, 1.165) is 4.90 Å². The maximum absolute atomic E-state index is 12.8. The third-order valence-electron chi connectivity index (χ3n) is 3.51. The van der Waals surface area contributed by atoms with Crippen molar-refractivity contribution in [2.45, 2.75) is 52.4 Å². The van der Waals surface area contributed by atoms with E-state index in [1.165, 1.54) is 7.05 Å². The Morgan fingerprint density at radius 2 is 1.55 bits per heavy atom. The maximum Gasteiger partial charge on any atom is 0.422 e. The minimum absolute atomic E-state index is 0.357. The van der Waals surface area contributed by atoms with Gasteiger partial charge in [0.15, 0.2) is 0 Å². The van der Waals surface area contributed by atoms with Crippen LogP contribution in [0.2, 0.25) is 0 Å². The molecule has 0 aromatic carbocycles. The number of carbonyl (C=O) groups excluding carboxylic acids is 1. The third kappa shape index (κ3) is 3.77. The van der Waals surface area contributed by atoms with Crippen molar-refractivity contribution in [1.29, 1.82) is 0 Å². The zero-order valence-electron chi connectivity index (χ0n) is 12.4. The lowest BCUT2D eigenvalue weighted by molar-refractivity contribution is -0.203. The normalized spacial score (nSPS) is 17.1. The molecule has 2 unspecified atom stereocenters. The Balaban J connectivity index is 5.21. The minimum atomic E-state index is -5.10. The van der Waals surface area contributed by atoms with Gasteiger partial charge in [0.05, 0.1) is 0 Å². The fourth-order valence-electron chi connectivity index (χ4n) is 1.30. The van der Waals surface area contributed by atoms with Gasteiger partial charge in [-0.05, 0) is 19.3 Å². The molecule has 0 fully saturated rings. The van der Waals surface area contributed by atoms with Crippen molar-refractivity contribution in [1.82, 2.24) is 10.2 Å². The predicted molar refractivity (Wildman–Crippen MR) is 67.3 cm³/mol. The first-order chi connectivity index (χ1) is 8.64. The van der Waals surface area contributed by atoms with Crippen LogP contribution in [0.5, 0.6) is 0 Å². The largest absolute Gasteiger partial charge is 0.479 e. The molecule has 20 heavy (non-hydrogen) atoms. The van der Waals surface area contributed by atoms with E-state index in [1.54, 1.807) is 12.2 Å². The van der Waals surface area contributed by atoms with Crippen molar-refractivity contribution >= 4 is 12.0 Å². The van der Waals surface area contributed by atoms with Crippen molar-refractivity contribution < 1.29 is 27.9 Å². The minimum Gasteiger partial charge on any atom is -0.479 e. The van der Waals surface area contributed by atoms with Gasteiger partial charge < -0.3 is 15.3 Å². The van der Waals surface area contributed by atoms with Crippen LogP contribution in [-0.2, 0) is 4.79 Å². The summed E-state index contributed by atoms with van der Waals surface area (Å²) in [4.78, 5) is 23.8. The molecular formula is C12H21F3N2O3. The number of rotatable bonds is 3. The number of urea groups is 1. The van der Waals surface area contributed by atoms with Gasteiger partial charge in [0, 0.05) is 13.1 Å². The van der Waals surface area contributed by atoms with Crippen molar-refractivity contribution in [3.05, 3.63) is 0 Å². The molecule has 0 bridgehead atoms. The highest BCUT2D eigenvalue weighted by atomic mass is 19.4. The van der Waals surface area contributed by atoms with E-state index >= 15 is 0 Å². The first kappa shape index (κ1) is 18.5. The van der Waals surface area contributed by atoms with Crippen LogP contribution in [0.1, 0.15) is 34.6 Å². The standard InChI is InChI=1S/C12H21F3N2O3/c1-7(10(2,3)4)17(6)9(20)16-11(5,8(18)19)12(13,14)15/h7H,1-6H3,(H,16,20)(H,18,19). The fraction of sp³-hybridized carbons (Fsp3) is 0.833. The molecule has 0 aliphatic rings. The summed E-state index contributed by atoms with van der Waals surface area (Å²) in [6.07, 6.45) is -5.10. The molecule has 5 nitrogen and oxygen atoms in total. The highest BCUT2D eigenvalue weighted by molar-refractivity contribution is 5.86. The van der Waals surface area contributed by atoms with Gasteiger partial charge in [0.25, 0.3) is 0 Å². The van der Waals surface area contributed by atoms with E-state index in [4.69, 9.17) is 5.11 Å². The SMILES string of the molecule is CC(N(C)C(=O)NC(C)(C(=O)O)C(F)(F)F)C(C)(C)C. The van der Waals surface area contributed by atoms with Gasteiger partial charge in [0.1, 0.15) is 0 Å². The quantitative estimate of drug-likeness (QED) is 0.841. The smallest absolute Gasteiger partial charge is 0.422 e. The molecule has 0 saturated carbocycles. The van der Waals surface area contributed by atoms with Crippen LogP contribution in [0.4, 0.5) is 18.0 Å².